The van der Waals surface area contributed by atoms with Gasteiger partial charge in [0.05, 0.1) is 18.0 Å². The number of para-hydroxylation sites is 1. The fraction of sp³-hybridized carbons (Fsp3) is 0.520. The number of ether oxygens (including phenoxy) is 1. The predicted octanol–water partition coefficient (Wildman–Crippen LogP) is 2.45. The van der Waals surface area contributed by atoms with Crippen molar-refractivity contribution in [1.29, 1.82) is 0 Å². The molecule has 2 aromatic rings. The van der Waals surface area contributed by atoms with E-state index >= 15 is 0 Å². The van der Waals surface area contributed by atoms with Crippen molar-refractivity contribution in [3.63, 3.8) is 0 Å². The molecule has 0 bridgehead atoms. The van der Waals surface area contributed by atoms with Crippen LogP contribution in [0.5, 0.6) is 0 Å². The number of carbonyl (C=O) groups excluding carboxylic acids is 2. The first-order chi connectivity index (χ1) is 16.0. The van der Waals surface area contributed by atoms with Crippen LogP contribution in [0.1, 0.15) is 41.0 Å². The number of hydrogen-bond donors (Lipinski definition) is 0. The second-order valence-corrected chi connectivity index (χ2v) is 8.83. The van der Waals surface area contributed by atoms with Crippen LogP contribution in [0, 0.1) is 13.8 Å². The maximum atomic E-state index is 13.1. The van der Waals surface area contributed by atoms with Crippen LogP contribution in [0.2, 0.25) is 0 Å². The zero-order valence-electron chi connectivity index (χ0n) is 19.6. The lowest BCUT2D eigenvalue weighted by molar-refractivity contribution is -0.131. The van der Waals surface area contributed by atoms with Gasteiger partial charge in [0.25, 0.3) is 5.91 Å². The van der Waals surface area contributed by atoms with Gasteiger partial charge in [0.2, 0.25) is 5.91 Å². The molecule has 2 aliphatic rings. The Bertz CT molecular complexity index is 951. The zero-order chi connectivity index (χ0) is 23.2. The van der Waals surface area contributed by atoms with E-state index in [1.165, 1.54) is 17.4 Å². The van der Waals surface area contributed by atoms with Gasteiger partial charge in [-0.3, -0.25) is 14.6 Å². The number of carbonyl (C=O) groups is 2. The van der Waals surface area contributed by atoms with Crippen LogP contribution < -0.4 is 4.90 Å². The van der Waals surface area contributed by atoms with Gasteiger partial charge in [0.15, 0.2) is 0 Å². The maximum absolute atomic E-state index is 13.1. The Balaban J connectivity index is 1.34. The highest BCUT2D eigenvalue weighted by atomic mass is 16.5. The van der Waals surface area contributed by atoms with Crippen molar-refractivity contribution in [3.05, 3.63) is 53.6 Å². The summed E-state index contributed by atoms with van der Waals surface area (Å²) in [4.78, 5) is 40.5. The minimum absolute atomic E-state index is 0.0140. The van der Waals surface area contributed by atoms with Crippen molar-refractivity contribution < 1.29 is 14.3 Å². The number of amides is 2. The number of anilines is 1. The van der Waals surface area contributed by atoms with Gasteiger partial charge >= 0.3 is 0 Å². The monoisotopic (exact) mass is 451 g/mol. The van der Waals surface area contributed by atoms with Crippen molar-refractivity contribution in [2.45, 2.75) is 39.2 Å². The molecular formula is C25H33N5O3. The number of benzene rings is 1. The van der Waals surface area contributed by atoms with E-state index in [1.807, 2.05) is 17.9 Å². The van der Waals surface area contributed by atoms with E-state index in [2.05, 4.69) is 40.0 Å². The molecule has 2 saturated heterocycles. The summed E-state index contributed by atoms with van der Waals surface area (Å²) in [5, 5.41) is 0. The molecule has 176 valence electrons. The van der Waals surface area contributed by atoms with E-state index in [-0.39, 0.29) is 17.9 Å². The highest BCUT2D eigenvalue weighted by molar-refractivity contribution is 5.92. The van der Waals surface area contributed by atoms with Gasteiger partial charge in [-0.2, -0.15) is 0 Å². The van der Waals surface area contributed by atoms with Gasteiger partial charge in [0.1, 0.15) is 5.69 Å². The van der Waals surface area contributed by atoms with Crippen LogP contribution in [-0.2, 0) is 9.53 Å². The quantitative estimate of drug-likeness (QED) is 0.644. The summed E-state index contributed by atoms with van der Waals surface area (Å²) < 4.78 is 5.74. The summed E-state index contributed by atoms with van der Waals surface area (Å²) in [7, 11) is 0. The highest BCUT2D eigenvalue weighted by Crippen LogP contribution is 2.21. The third kappa shape index (κ3) is 5.87. The van der Waals surface area contributed by atoms with E-state index in [9.17, 15) is 9.59 Å². The highest BCUT2D eigenvalue weighted by Gasteiger charge is 2.27. The van der Waals surface area contributed by atoms with Crippen LogP contribution in [0.15, 0.2) is 36.7 Å². The average Bonchev–Trinajstić information content (AvgIpc) is 3.35. The van der Waals surface area contributed by atoms with E-state index in [1.54, 1.807) is 11.1 Å². The second kappa shape index (κ2) is 10.7. The molecule has 1 aromatic carbocycles. The molecule has 0 saturated carbocycles. The van der Waals surface area contributed by atoms with Crippen LogP contribution >= 0.6 is 0 Å². The van der Waals surface area contributed by atoms with Crippen LogP contribution in [0.25, 0.3) is 0 Å². The Kier molecular flexibility index (Phi) is 7.54. The van der Waals surface area contributed by atoms with Crippen molar-refractivity contribution in [2.75, 3.05) is 50.8 Å². The summed E-state index contributed by atoms with van der Waals surface area (Å²) in [5.74, 6) is -0.116. The Morgan fingerprint density at radius 3 is 2.55 bits per heavy atom. The van der Waals surface area contributed by atoms with Crippen molar-refractivity contribution >= 4 is 17.5 Å². The molecule has 33 heavy (non-hydrogen) atoms. The molecule has 8 heteroatoms. The van der Waals surface area contributed by atoms with E-state index in [0.29, 0.717) is 38.3 Å². The Morgan fingerprint density at radius 1 is 1.09 bits per heavy atom. The topological polar surface area (TPSA) is 78.9 Å². The third-order valence-electron chi connectivity index (χ3n) is 6.42. The summed E-state index contributed by atoms with van der Waals surface area (Å²) >= 11 is 0. The molecule has 0 aliphatic carbocycles. The molecule has 2 amide bonds. The van der Waals surface area contributed by atoms with Crippen LogP contribution in [0.3, 0.4) is 0 Å². The minimum atomic E-state index is -0.199. The molecule has 0 spiro atoms. The SMILES string of the molecule is Cc1cnc(C(=O)N(CCC(=O)N2CCN(c3ccccc3C)CC2)CC2CCCO2)cn1. The van der Waals surface area contributed by atoms with Gasteiger partial charge in [-0.1, -0.05) is 18.2 Å². The number of aryl methyl sites for hydroxylation is 2. The molecule has 2 aliphatic heterocycles. The summed E-state index contributed by atoms with van der Waals surface area (Å²) in [5.41, 5.74) is 3.55. The molecule has 1 atom stereocenters. The fourth-order valence-corrected chi connectivity index (χ4v) is 4.48. The van der Waals surface area contributed by atoms with Gasteiger partial charge < -0.3 is 19.4 Å². The molecule has 2 fully saturated rings. The molecule has 0 radical (unpaired) electrons. The molecule has 0 N–H and O–H groups in total. The Hall–Kier alpha value is -3.00. The van der Waals surface area contributed by atoms with E-state index < -0.39 is 0 Å². The predicted molar refractivity (Wildman–Crippen MR) is 126 cm³/mol. The fourth-order valence-electron chi connectivity index (χ4n) is 4.48. The Labute approximate surface area is 195 Å². The van der Waals surface area contributed by atoms with Crippen molar-refractivity contribution in [1.82, 2.24) is 19.8 Å². The smallest absolute Gasteiger partial charge is 0.274 e. The summed E-state index contributed by atoms with van der Waals surface area (Å²) in [6, 6.07) is 8.35. The second-order valence-electron chi connectivity index (χ2n) is 8.83. The molecule has 3 heterocycles. The normalized spacial score (nSPS) is 18.4. The van der Waals surface area contributed by atoms with Crippen LogP contribution in [0.4, 0.5) is 5.69 Å². The zero-order valence-corrected chi connectivity index (χ0v) is 19.6. The lowest BCUT2D eigenvalue weighted by Gasteiger charge is -2.37. The van der Waals surface area contributed by atoms with Crippen LogP contribution in [-0.4, -0.2) is 83.6 Å². The maximum Gasteiger partial charge on any atom is 0.274 e. The number of nitrogens with zero attached hydrogens (tertiary/aromatic N) is 5. The lowest BCUT2D eigenvalue weighted by Crippen LogP contribution is -2.49. The summed E-state index contributed by atoms with van der Waals surface area (Å²) in [6.07, 6.45) is 5.34. The number of rotatable bonds is 7. The standard InChI is InChI=1S/C25H33N5O3/c1-19-6-3-4-8-23(19)28-11-13-29(14-12-28)24(31)9-10-30(18-21-7-5-15-33-21)25(32)22-17-26-20(2)16-27-22/h3-4,6,8,16-17,21H,5,7,9-15,18H2,1-2H3. The number of aromatic nitrogens is 2. The first-order valence-corrected chi connectivity index (χ1v) is 11.8. The first kappa shape index (κ1) is 23.2. The van der Waals surface area contributed by atoms with Gasteiger partial charge in [-0.05, 0) is 38.3 Å². The minimum Gasteiger partial charge on any atom is -0.376 e. The summed E-state index contributed by atoms with van der Waals surface area (Å²) in [6.45, 7) is 8.51. The number of hydrogen-bond acceptors (Lipinski definition) is 6. The van der Waals surface area contributed by atoms with Crippen molar-refractivity contribution in [2.24, 2.45) is 0 Å². The van der Waals surface area contributed by atoms with E-state index in [0.717, 1.165) is 38.2 Å². The third-order valence-corrected chi connectivity index (χ3v) is 6.42. The van der Waals surface area contributed by atoms with Gasteiger partial charge in [-0.15, -0.1) is 0 Å². The van der Waals surface area contributed by atoms with Crippen molar-refractivity contribution in [3.8, 4) is 0 Å². The van der Waals surface area contributed by atoms with E-state index in [4.69, 9.17) is 4.74 Å². The average molecular weight is 452 g/mol. The molecular weight excluding hydrogens is 418 g/mol. The largest absolute Gasteiger partial charge is 0.376 e. The Morgan fingerprint density at radius 2 is 1.88 bits per heavy atom. The molecule has 8 nitrogen and oxygen atoms in total. The number of piperazine rings is 1. The van der Waals surface area contributed by atoms with Gasteiger partial charge in [-0.25, -0.2) is 4.98 Å². The molecule has 1 unspecified atom stereocenters. The molecule has 4 rings (SSSR count). The molecule has 1 aromatic heterocycles. The van der Waals surface area contributed by atoms with Gasteiger partial charge in [0, 0.05) is 64.2 Å². The first-order valence-electron chi connectivity index (χ1n) is 11.8. The lowest BCUT2D eigenvalue weighted by atomic mass is 10.1.